The lowest BCUT2D eigenvalue weighted by Gasteiger charge is -2.17. The second-order valence-corrected chi connectivity index (χ2v) is 4.16. The second kappa shape index (κ2) is 6.38. The van der Waals surface area contributed by atoms with Crippen LogP contribution in [0.4, 0.5) is 13.2 Å². The van der Waals surface area contributed by atoms with Crippen LogP contribution in [0.5, 0.6) is 0 Å². The van der Waals surface area contributed by atoms with Crippen LogP contribution in [0.2, 0.25) is 5.02 Å². The normalized spacial score (nSPS) is 15.4. The van der Waals surface area contributed by atoms with E-state index in [0.29, 0.717) is 10.6 Å². The molecule has 0 aliphatic carbocycles. The van der Waals surface area contributed by atoms with Gasteiger partial charge in [-0.15, -0.1) is 0 Å². The van der Waals surface area contributed by atoms with Crippen LogP contribution in [0.3, 0.4) is 0 Å². The van der Waals surface area contributed by atoms with Crippen molar-refractivity contribution in [3.63, 3.8) is 0 Å². The summed E-state index contributed by atoms with van der Waals surface area (Å²) in [6.07, 6.45) is -8.14. The first-order valence-electron chi connectivity index (χ1n) is 5.20. The van der Waals surface area contributed by atoms with Gasteiger partial charge in [-0.1, -0.05) is 29.8 Å². The van der Waals surface area contributed by atoms with Crippen LogP contribution in [0, 0.1) is 0 Å². The van der Waals surface area contributed by atoms with Crippen molar-refractivity contribution in [1.29, 1.82) is 0 Å². The van der Waals surface area contributed by atoms with Crippen molar-refractivity contribution in [2.45, 2.75) is 18.4 Å². The molecule has 0 spiro atoms. The van der Waals surface area contributed by atoms with Gasteiger partial charge < -0.3 is 15.5 Å². The molecule has 0 bridgehead atoms. The highest BCUT2D eigenvalue weighted by Crippen LogP contribution is 2.22. The van der Waals surface area contributed by atoms with Crippen molar-refractivity contribution in [3.05, 3.63) is 34.9 Å². The van der Waals surface area contributed by atoms with E-state index in [1.54, 1.807) is 24.3 Å². The van der Waals surface area contributed by atoms with E-state index in [4.69, 9.17) is 16.7 Å². The number of hydrogen-bond acceptors (Lipinski definition) is 3. The summed E-state index contributed by atoms with van der Waals surface area (Å²) in [4.78, 5) is 0. The molecule has 18 heavy (non-hydrogen) atoms. The third-order valence-electron chi connectivity index (χ3n) is 2.32. The quantitative estimate of drug-likeness (QED) is 0.773. The summed E-state index contributed by atoms with van der Waals surface area (Å²) in [5, 5.41) is 21.1. The van der Waals surface area contributed by atoms with E-state index in [1.165, 1.54) is 0 Å². The summed E-state index contributed by atoms with van der Waals surface area (Å²) in [6.45, 7) is -0.804. The molecule has 0 aliphatic heterocycles. The third kappa shape index (κ3) is 4.45. The summed E-state index contributed by atoms with van der Waals surface area (Å²) in [6, 6.07) is 6.49. The number of aliphatic hydroxyl groups excluding tert-OH is 2. The molecule has 2 unspecified atom stereocenters. The van der Waals surface area contributed by atoms with Crippen molar-refractivity contribution in [2.75, 3.05) is 13.1 Å². The number of aliphatic hydroxyl groups is 2. The molecule has 1 aromatic carbocycles. The van der Waals surface area contributed by atoms with Gasteiger partial charge in [-0.3, -0.25) is 0 Å². The molecule has 102 valence electrons. The number of nitrogens with one attached hydrogen (secondary N) is 1. The van der Waals surface area contributed by atoms with Gasteiger partial charge in [-0.05, 0) is 6.07 Å². The summed E-state index contributed by atoms with van der Waals surface area (Å²) in [5.74, 6) is 0. The lowest BCUT2D eigenvalue weighted by Crippen LogP contribution is -2.39. The van der Waals surface area contributed by atoms with Crippen LogP contribution in [0.25, 0.3) is 0 Å². The third-order valence-corrected chi connectivity index (χ3v) is 2.66. The van der Waals surface area contributed by atoms with Crippen LogP contribution in [-0.2, 0) is 0 Å². The topological polar surface area (TPSA) is 52.5 Å². The number of alkyl halides is 3. The average molecular weight is 284 g/mol. The Morgan fingerprint density at radius 1 is 1.17 bits per heavy atom. The first-order valence-corrected chi connectivity index (χ1v) is 5.58. The van der Waals surface area contributed by atoms with Crippen molar-refractivity contribution in [3.8, 4) is 0 Å². The Hall–Kier alpha value is -0.820. The lowest BCUT2D eigenvalue weighted by molar-refractivity contribution is -0.202. The average Bonchev–Trinajstić information content (AvgIpc) is 2.28. The Morgan fingerprint density at radius 3 is 2.33 bits per heavy atom. The van der Waals surface area contributed by atoms with E-state index in [0.717, 1.165) is 0 Å². The van der Waals surface area contributed by atoms with Gasteiger partial charge in [0.25, 0.3) is 0 Å². The highest BCUT2D eigenvalue weighted by Gasteiger charge is 2.37. The minimum absolute atomic E-state index is 0.128. The Bertz CT molecular complexity index is 387. The van der Waals surface area contributed by atoms with Crippen molar-refractivity contribution < 1.29 is 23.4 Å². The zero-order valence-corrected chi connectivity index (χ0v) is 10.0. The van der Waals surface area contributed by atoms with Crippen molar-refractivity contribution in [2.24, 2.45) is 0 Å². The van der Waals surface area contributed by atoms with Gasteiger partial charge in [0.1, 0.15) is 0 Å². The molecule has 0 saturated heterocycles. The summed E-state index contributed by atoms with van der Waals surface area (Å²) >= 11 is 5.82. The largest absolute Gasteiger partial charge is 0.415 e. The first kappa shape index (κ1) is 15.2. The molecule has 1 rings (SSSR count). The molecule has 3 N–H and O–H groups in total. The molecule has 0 saturated carbocycles. The summed E-state index contributed by atoms with van der Waals surface area (Å²) < 4.78 is 36.0. The molecule has 0 aliphatic rings. The van der Waals surface area contributed by atoms with Gasteiger partial charge in [-0.25, -0.2) is 0 Å². The molecule has 0 heterocycles. The van der Waals surface area contributed by atoms with Crippen LogP contribution >= 0.6 is 11.6 Å². The smallest absolute Gasteiger partial charge is 0.387 e. The minimum Gasteiger partial charge on any atom is -0.387 e. The molecule has 2 atom stereocenters. The maximum atomic E-state index is 12.0. The SMILES string of the molecule is OC(CNCC(O)C(F)(F)F)c1ccccc1Cl. The monoisotopic (exact) mass is 283 g/mol. The van der Waals surface area contributed by atoms with Crippen LogP contribution in [-0.4, -0.2) is 35.6 Å². The van der Waals surface area contributed by atoms with Gasteiger partial charge >= 0.3 is 6.18 Å². The van der Waals surface area contributed by atoms with Gasteiger partial charge in [0.2, 0.25) is 0 Å². The first-order chi connectivity index (χ1) is 8.32. The predicted molar refractivity (Wildman–Crippen MR) is 61.3 cm³/mol. The molecular formula is C11H13ClF3NO2. The fourth-order valence-corrected chi connectivity index (χ4v) is 1.59. The molecule has 1 aromatic rings. The van der Waals surface area contributed by atoms with Gasteiger partial charge in [0.05, 0.1) is 6.10 Å². The molecule has 0 amide bonds. The van der Waals surface area contributed by atoms with Gasteiger partial charge in [0, 0.05) is 23.7 Å². The lowest BCUT2D eigenvalue weighted by atomic mass is 10.1. The number of benzene rings is 1. The predicted octanol–water partition coefficient (Wildman–Crippen LogP) is 1.89. The number of hydrogen-bond donors (Lipinski definition) is 3. The van der Waals surface area contributed by atoms with Crippen molar-refractivity contribution in [1.82, 2.24) is 5.32 Å². The highest BCUT2D eigenvalue weighted by atomic mass is 35.5. The number of rotatable bonds is 5. The van der Waals surface area contributed by atoms with E-state index in [2.05, 4.69) is 5.32 Å². The number of halogens is 4. The van der Waals surface area contributed by atoms with E-state index in [9.17, 15) is 18.3 Å². The van der Waals surface area contributed by atoms with Crippen molar-refractivity contribution >= 4 is 11.6 Å². The van der Waals surface area contributed by atoms with E-state index in [1.807, 2.05) is 0 Å². The standard InChI is InChI=1S/C11H13ClF3NO2/c12-8-4-2-1-3-7(8)9(17)5-16-6-10(18)11(13,14)15/h1-4,9-10,16-18H,5-6H2. The minimum atomic E-state index is -4.66. The van der Waals surface area contributed by atoms with Crippen LogP contribution in [0.1, 0.15) is 11.7 Å². The molecular weight excluding hydrogens is 271 g/mol. The van der Waals surface area contributed by atoms with Crippen LogP contribution < -0.4 is 5.32 Å². The Balaban J connectivity index is 2.43. The molecule has 7 heteroatoms. The maximum absolute atomic E-state index is 12.0. The van der Waals surface area contributed by atoms with Gasteiger partial charge in [0.15, 0.2) is 6.10 Å². The highest BCUT2D eigenvalue weighted by molar-refractivity contribution is 6.31. The zero-order valence-electron chi connectivity index (χ0n) is 9.28. The Morgan fingerprint density at radius 2 is 1.78 bits per heavy atom. The second-order valence-electron chi connectivity index (χ2n) is 3.75. The van der Waals surface area contributed by atoms with E-state index in [-0.39, 0.29) is 6.54 Å². The molecule has 0 radical (unpaired) electrons. The molecule has 0 aromatic heterocycles. The van der Waals surface area contributed by atoms with Gasteiger partial charge in [-0.2, -0.15) is 13.2 Å². The maximum Gasteiger partial charge on any atom is 0.415 e. The zero-order chi connectivity index (χ0) is 13.8. The summed E-state index contributed by atoms with van der Waals surface area (Å²) in [7, 11) is 0. The summed E-state index contributed by atoms with van der Waals surface area (Å²) in [5.41, 5.74) is 0.424. The molecule has 3 nitrogen and oxygen atoms in total. The Kier molecular flexibility index (Phi) is 5.40. The molecule has 0 fully saturated rings. The van der Waals surface area contributed by atoms with E-state index >= 15 is 0 Å². The Labute approximate surface area is 107 Å². The van der Waals surface area contributed by atoms with Crippen LogP contribution in [0.15, 0.2) is 24.3 Å². The van der Waals surface area contributed by atoms with E-state index < -0.39 is 24.9 Å². The fraction of sp³-hybridized carbons (Fsp3) is 0.455. The fourth-order valence-electron chi connectivity index (χ4n) is 1.33.